The van der Waals surface area contributed by atoms with Crippen LogP contribution in [0.15, 0.2) is 36.0 Å². The number of fused-ring (bicyclic) bond motifs is 1. The maximum Gasteiger partial charge on any atom is 0.167 e. The number of anilines is 1. The van der Waals surface area contributed by atoms with E-state index in [4.69, 9.17) is 4.74 Å². The van der Waals surface area contributed by atoms with Crippen molar-refractivity contribution in [1.29, 1.82) is 0 Å². The lowest BCUT2D eigenvalue weighted by molar-refractivity contribution is -0.0511. The first kappa shape index (κ1) is 21.4. The minimum atomic E-state index is -1.19. The van der Waals surface area contributed by atoms with Crippen LogP contribution in [-0.2, 0) is 4.74 Å². The van der Waals surface area contributed by atoms with Crippen LogP contribution in [-0.4, -0.2) is 66.3 Å². The van der Waals surface area contributed by atoms with E-state index in [0.717, 1.165) is 12.8 Å². The molecule has 29 heavy (non-hydrogen) atoms. The van der Waals surface area contributed by atoms with Crippen LogP contribution in [0.4, 0.5) is 5.82 Å². The number of allylic oxidation sites excluding steroid dienone is 3. The smallest absolute Gasteiger partial charge is 0.167 e. The lowest BCUT2D eigenvalue weighted by Crippen LogP contribution is -2.33. The van der Waals surface area contributed by atoms with Crippen LogP contribution >= 0.6 is 0 Å². The van der Waals surface area contributed by atoms with Crippen molar-refractivity contribution >= 4 is 17.0 Å². The second-order valence-electron chi connectivity index (χ2n) is 7.53. The highest BCUT2D eigenvalue weighted by molar-refractivity contribution is 5.82. The fourth-order valence-corrected chi connectivity index (χ4v) is 3.29. The van der Waals surface area contributed by atoms with Crippen molar-refractivity contribution in [3.63, 3.8) is 0 Å². The van der Waals surface area contributed by atoms with Crippen LogP contribution in [0.1, 0.15) is 39.8 Å². The topological polar surface area (TPSA) is 126 Å². The summed E-state index contributed by atoms with van der Waals surface area (Å²) in [6, 6.07) is 0. The predicted molar refractivity (Wildman–Crippen MR) is 109 cm³/mol. The second kappa shape index (κ2) is 9.45. The zero-order valence-electron chi connectivity index (χ0n) is 17.0. The summed E-state index contributed by atoms with van der Waals surface area (Å²) in [6.07, 6.45) is 5.17. The van der Waals surface area contributed by atoms with Gasteiger partial charge in [0.15, 0.2) is 23.2 Å². The van der Waals surface area contributed by atoms with Gasteiger partial charge in [-0.25, -0.2) is 15.0 Å². The summed E-state index contributed by atoms with van der Waals surface area (Å²) in [7, 11) is 0. The van der Waals surface area contributed by atoms with E-state index < -0.39 is 24.5 Å². The summed E-state index contributed by atoms with van der Waals surface area (Å²) < 4.78 is 7.12. The van der Waals surface area contributed by atoms with E-state index in [2.05, 4.69) is 53.2 Å². The van der Waals surface area contributed by atoms with Crippen molar-refractivity contribution in [2.45, 2.75) is 58.2 Å². The molecule has 0 bridgehead atoms. The van der Waals surface area contributed by atoms with Crippen molar-refractivity contribution in [3.8, 4) is 0 Å². The van der Waals surface area contributed by atoms with Crippen LogP contribution in [0, 0.1) is 0 Å². The quantitative estimate of drug-likeness (QED) is 0.489. The minimum absolute atomic E-state index is 0.386. The van der Waals surface area contributed by atoms with Gasteiger partial charge in [0.05, 0.1) is 12.9 Å². The maximum atomic E-state index is 10.3. The SMILES string of the molecule is CC(C)=CCC/C(C)=C/CNc1ncnc2c1ncn2[C@H]1O[C@@H](CO)[C@@H](O)[C@H]1O. The number of aliphatic hydroxyl groups is 3. The zero-order valence-corrected chi connectivity index (χ0v) is 17.0. The van der Waals surface area contributed by atoms with Crippen LogP contribution in [0.2, 0.25) is 0 Å². The molecule has 0 spiro atoms. The lowest BCUT2D eigenvalue weighted by atomic mass is 10.1. The summed E-state index contributed by atoms with van der Waals surface area (Å²) >= 11 is 0. The Balaban J connectivity index is 1.71. The molecule has 0 unspecified atom stereocenters. The first-order chi connectivity index (χ1) is 13.9. The summed E-state index contributed by atoms with van der Waals surface area (Å²) in [5.41, 5.74) is 3.63. The molecule has 1 aliphatic heterocycles. The number of rotatable bonds is 8. The molecule has 9 heteroatoms. The monoisotopic (exact) mass is 403 g/mol. The molecular weight excluding hydrogens is 374 g/mol. The lowest BCUT2D eigenvalue weighted by Gasteiger charge is -2.16. The van der Waals surface area contributed by atoms with Gasteiger partial charge in [-0.3, -0.25) is 4.57 Å². The van der Waals surface area contributed by atoms with Crippen molar-refractivity contribution in [2.75, 3.05) is 18.5 Å². The highest BCUT2D eigenvalue weighted by atomic mass is 16.6. The Kier molecular flexibility index (Phi) is 6.96. The average Bonchev–Trinajstić information content (AvgIpc) is 3.23. The normalized spacial score (nSPS) is 24.8. The summed E-state index contributed by atoms with van der Waals surface area (Å²) in [5.74, 6) is 0.578. The van der Waals surface area contributed by atoms with E-state index in [1.54, 1.807) is 4.57 Å². The molecule has 3 rings (SSSR count). The Morgan fingerprint density at radius 2 is 1.97 bits per heavy atom. The van der Waals surface area contributed by atoms with Gasteiger partial charge in [0, 0.05) is 6.54 Å². The molecule has 1 saturated heterocycles. The molecule has 3 heterocycles. The number of ether oxygens (including phenoxy) is 1. The molecule has 1 aliphatic rings. The number of aliphatic hydroxyl groups excluding tert-OH is 3. The van der Waals surface area contributed by atoms with Gasteiger partial charge >= 0.3 is 0 Å². The highest BCUT2D eigenvalue weighted by Gasteiger charge is 2.44. The largest absolute Gasteiger partial charge is 0.394 e. The Morgan fingerprint density at radius 3 is 2.66 bits per heavy atom. The number of nitrogens with zero attached hydrogens (tertiary/aromatic N) is 4. The summed E-state index contributed by atoms with van der Waals surface area (Å²) in [6.45, 7) is 6.52. The van der Waals surface area contributed by atoms with Crippen molar-refractivity contribution in [2.24, 2.45) is 0 Å². The van der Waals surface area contributed by atoms with E-state index in [1.807, 2.05) is 0 Å². The first-order valence-corrected chi connectivity index (χ1v) is 9.75. The van der Waals surface area contributed by atoms with Crippen molar-refractivity contribution < 1.29 is 20.1 Å². The molecule has 4 N–H and O–H groups in total. The molecule has 0 aliphatic carbocycles. The van der Waals surface area contributed by atoms with E-state index in [0.29, 0.717) is 23.5 Å². The van der Waals surface area contributed by atoms with Gasteiger partial charge in [0.25, 0.3) is 0 Å². The third kappa shape index (κ3) is 4.81. The van der Waals surface area contributed by atoms with Crippen LogP contribution in [0.25, 0.3) is 11.2 Å². The molecule has 0 saturated carbocycles. The zero-order chi connectivity index (χ0) is 21.0. The standard InChI is InChI=1S/C20H29N5O4/c1-12(2)5-4-6-13(3)7-8-21-18-15-19(23-10-22-18)25(11-24-15)20-17(28)16(27)14(9-26)29-20/h5,7,10-11,14,16-17,20,26-28H,4,6,8-9H2,1-3H3,(H,21,22,23)/b13-7+/t14-,16+,17+,20-/m0/s1. The molecule has 0 radical (unpaired) electrons. The highest BCUT2D eigenvalue weighted by Crippen LogP contribution is 2.32. The predicted octanol–water partition coefficient (Wildman–Crippen LogP) is 1.54. The van der Waals surface area contributed by atoms with Crippen molar-refractivity contribution in [1.82, 2.24) is 19.5 Å². The number of imidazole rings is 1. The molecule has 2 aromatic rings. The van der Waals surface area contributed by atoms with Crippen LogP contribution in [0.3, 0.4) is 0 Å². The number of hydrogen-bond donors (Lipinski definition) is 4. The Bertz CT molecular complexity index is 890. The minimum Gasteiger partial charge on any atom is -0.394 e. The molecule has 1 fully saturated rings. The molecule has 9 nitrogen and oxygen atoms in total. The molecular formula is C20H29N5O4. The van der Waals surface area contributed by atoms with Gasteiger partial charge in [0.2, 0.25) is 0 Å². The summed E-state index contributed by atoms with van der Waals surface area (Å²) in [5, 5.41) is 32.8. The van der Waals surface area contributed by atoms with Gasteiger partial charge in [-0.05, 0) is 33.6 Å². The van der Waals surface area contributed by atoms with E-state index in [9.17, 15) is 15.3 Å². The number of aromatic nitrogens is 4. The van der Waals surface area contributed by atoms with Gasteiger partial charge in [-0.1, -0.05) is 23.3 Å². The molecule has 0 aromatic carbocycles. The fourth-order valence-electron chi connectivity index (χ4n) is 3.29. The van der Waals surface area contributed by atoms with Gasteiger partial charge < -0.3 is 25.4 Å². The molecule has 158 valence electrons. The number of nitrogens with one attached hydrogen (secondary N) is 1. The Morgan fingerprint density at radius 1 is 1.17 bits per heavy atom. The van der Waals surface area contributed by atoms with E-state index >= 15 is 0 Å². The first-order valence-electron chi connectivity index (χ1n) is 9.75. The summed E-state index contributed by atoms with van der Waals surface area (Å²) in [4.78, 5) is 12.9. The van der Waals surface area contributed by atoms with E-state index in [-0.39, 0.29) is 6.61 Å². The van der Waals surface area contributed by atoms with Crippen LogP contribution < -0.4 is 5.32 Å². The Labute approximate surface area is 169 Å². The van der Waals surface area contributed by atoms with Crippen molar-refractivity contribution in [3.05, 3.63) is 36.0 Å². The second-order valence-corrected chi connectivity index (χ2v) is 7.53. The third-order valence-corrected chi connectivity index (χ3v) is 4.96. The van der Waals surface area contributed by atoms with Gasteiger partial charge in [-0.15, -0.1) is 0 Å². The maximum absolute atomic E-state index is 10.3. The molecule has 4 atom stereocenters. The van der Waals surface area contributed by atoms with Gasteiger partial charge in [-0.2, -0.15) is 0 Å². The van der Waals surface area contributed by atoms with E-state index in [1.165, 1.54) is 23.8 Å². The number of hydrogen-bond acceptors (Lipinski definition) is 8. The third-order valence-electron chi connectivity index (χ3n) is 4.96. The average molecular weight is 403 g/mol. The molecule has 0 amide bonds. The fraction of sp³-hybridized carbons (Fsp3) is 0.550. The molecule has 2 aromatic heterocycles. The van der Waals surface area contributed by atoms with Crippen LogP contribution in [0.5, 0.6) is 0 Å². The van der Waals surface area contributed by atoms with Gasteiger partial charge in [0.1, 0.15) is 24.6 Å². The Hall–Kier alpha value is -2.33.